The van der Waals surface area contributed by atoms with Crippen LogP contribution in [0.4, 0.5) is 4.79 Å². The molecule has 0 spiro atoms. The molecule has 28 heavy (non-hydrogen) atoms. The number of nitrogens with two attached hydrogens (primary N) is 1. The van der Waals surface area contributed by atoms with Crippen molar-refractivity contribution in [1.82, 2.24) is 10.1 Å². The largest absolute Gasteiger partial charge is 0.490 e. The van der Waals surface area contributed by atoms with Gasteiger partial charge in [0, 0.05) is 23.6 Å². The number of aromatic nitrogens is 1. The zero-order valence-electron chi connectivity index (χ0n) is 15.0. The molecule has 2 heterocycles. The van der Waals surface area contributed by atoms with Gasteiger partial charge in [0.2, 0.25) is 0 Å². The van der Waals surface area contributed by atoms with Crippen molar-refractivity contribution in [2.45, 2.75) is 25.6 Å². The third-order valence-electron chi connectivity index (χ3n) is 5.23. The molecule has 2 fully saturated rings. The highest BCUT2D eigenvalue weighted by molar-refractivity contribution is 9.10. The van der Waals surface area contributed by atoms with Gasteiger partial charge in [-0.2, -0.15) is 0 Å². The summed E-state index contributed by atoms with van der Waals surface area (Å²) in [7, 11) is 0. The molecule has 0 radical (unpaired) electrons. The van der Waals surface area contributed by atoms with Crippen LogP contribution in [0.15, 0.2) is 39.3 Å². The molecule has 1 saturated heterocycles. The summed E-state index contributed by atoms with van der Waals surface area (Å²) in [4.78, 5) is 25.0. The van der Waals surface area contributed by atoms with Crippen molar-refractivity contribution in [3.05, 3.63) is 46.3 Å². The molecule has 1 aliphatic heterocycles. The highest BCUT2D eigenvalue weighted by Gasteiger charge is 2.43. The number of carbonyl (C=O) groups is 2. The molecule has 1 aromatic carbocycles. The molecule has 2 aliphatic rings. The maximum absolute atomic E-state index is 12.3. The van der Waals surface area contributed by atoms with E-state index in [0.29, 0.717) is 24.9 Å². The third-order valence-corrected chi connectivity index (χ3v) is 5.76. The first-order chi connectivity index (χ1) is 13.5. The van der Waals surface area contributed by atoms with E-state index in [-0.39, 0.29) is 24.2 Å². The van der Waals surface area contributed by atoms with Gasteiger partial charge in [-0.25, -0.2) is 4.79 Å². The Hall–Kier alpha value is -2.55. The summed E-state index contributed by atoms with van der Waals surface area (Å²) < 4.78 is 17.3. The van der Waals surface area contributed by atoms with Gasteiger partial charge in [-0.05, 0) is 48.9 Å². The molecule has 8 nitrogen and oxygen atoms in total. The summed E-state index contributed by atoms with van der Waals surface area (Å²) in [5.41, 5.74) is 5.12. The second-order valence-corrected chi connectivity index (χ2v) is 8.10. The number of nitrogens with zero attached hydrogens (tertiary/aromatic N) is 2. The minimum absolute atomic E-state index is 0.0126. The maximum atomic E-state index is 12.3. The smallest absolute Gasteiger partial charge is 0.410 e. The lowest BCUT2D eigenvalue weighted by Gasteiger charge is -2.19. The summed E-state index contributed by atoms with van der Waals surface area (Å²) in [5, 5.41) is 3.51. The van der Waals surface area contributed by atoms with E-state index in [1.165, 1.54) is 6.07 Å². The Labute approximate surface area is 170 Å². The molecule has 2 amide bonds. The molecule has 148 valence electrons. The van der Waals surface area contributed by atoms with Gasteiger partial charge >= 0.3 is 6.09 Å². The molecule has 0 unspecified atom stereocenters. The number of rotatable bonds is 5. The first-order valence-corrected chi connectivity index (χ1v) is 9.86. The Morgan fingerprint density at radius 2 is 1.89 bits per heavy atom. The lowest BCUT2D eigenvalue weighted by Crippen LogP contribution is -2.31. The van der Waals surface area contributed by atoms with E-state index in [1.54, 1.807) is 4.90 Å². The van der Waals surface area contributed by atoms with Crippen molar-refractivity contribution < 1.29 is 23.6 Å². The summed E-state index contributed by atoms with van der Waals surface area (Å²) >= 11 is 3.42. The van der Waals surface area contributed by atoms with E-state index in [1.807, 2.05) is 24.3 Å². The van der Waals surface area contributed by atoms with E-state index in [9.17, 15) is 9.59 Å². The van der Waals surface area contributed by atoms with E-state index in [2.05, 4.69) is 21.1 Å². The van der Waals surface area contributed by atoms with E-state index in [0.717, 1.165) is 23.1 Å². The van der Waals surface area contributed by atoms with Crippen LogP contribution in [0, 0.1) is 11.8 Å². The Morgan fingerprint density at radius 1 is 1.21 bits per heavy atom. The Kier molecular flexibility index (Phi) is 5.25. The molecule has 3 atom stereocenters. The molecular formula is C19H20BrN3O5. The van der Waals surface area contributed by atoms with Crippen LogP contribution in [-0.2, 0) is 11.3 Å². The summed E-state index contributed by atoms with van der Waals surface area (Å²) in [6.07, 6.45) is 1.64. The fourth-order valence-corrected chi connectivity index (χ4v) is 4.18. The standard InChI is InChI=1S/C19H20BrN3O5/c20-13-1-3-14(4-2-13)27-15-5-11-8-23(9-12(11)6-15)19(25)26-10-16-7-17(18(21)24)22-28-16/h1-4,7,11-12,15H,5-6,8-10H2,(H2,21,24)/t11-,12+,15-. The monoisotopic (exact) mass is 449 g/mol. The predicted octanol–water partition coefficient (Wildman–Crippen LogP) is 2.96. The van der Waals surface area contributed by atoms with Gasteiger partial charge in [-0.1, -0.05) is 21.1 Å². The average molecular weight is 450 g/mol. The van der Waals surface area contributed by atoms with Crippen molar-refractivity contribution in [1.29, 1.82) is 0 Å². The molecular weight excluding hydrogens is 430 g/mol. The zero-order valence-corrected chi connectivity index (χ0v) is 16.6. The maximum Gasteiger partial charge on any atom is 0.410 e. The SMILES string of the molecule is NC(=O)c1cc(COC(=O)N2C[C@H]3C[C@@H](Oc4ccc(Br)cc4)C[C@H]3C2)on1. The Bertz CT molecular complexity index is 855. The van der Waals surface area contributed by atoms with Crippen molar-refractivity contribution in [2.24, 2.45) is 17.6 Å². The van der Waals surface area contributed by atoms with Crippen molar-refractivity contribution in [3.8, 4) is 5.75 Å². The number of primary amides is 1. The lowest BCUT2D eigenvalue weighted by molar-refractivity contribution is 0.0899. The number of ether oxygens (including phenoxy) is 2. The first kappa shape index (κ1) is 18.8. The summed E-state index contributed by atoms with van der Waals surface area (Å²) in [6, 6.07) is 9.20. The van der Waals surface area contributed by atoms with E-state index >= 15 is 0 Å². The van der Waals surface area contributed by atoms with Crippen LogP contribution in [-0.4, -0.2) is 41.3 Å². The molecule has 2 N–H and O–H groups in total. The van der Waals surface area contributed by atoms with Crippen LogP contribution in [0.1, 0.15) is 29.1 Å². The van der Waals surface area contributed by atoms with Crippen LogP contribution >= 0.6 is 15.9 Å². The second kappa shape index (κ2) is 7.83. The van der Waals surface area contributed by atoms with Gasteiger partial charge in [0.1, 0.15) is 5.75 Å². The van der Waals surface area contributed by atoms with Crippen LogP contribution in [0.25, 0.3) is 0 Å². The van der Waals surface area contributed by atoms with Crippen LogP contribution in [0.5, 0.6) is 5.75 Å². The number of amides is 2. The predicted molar refractivity (Wildman–Crippen MR) is 102 cm³/mol. The zero-order chi connectivity index (χ0) is 19.7. The van der Waals surface area contributed by atoms with Crippen molar-refractivity contribution >= 4 is 27.9 Å². The fraction of sp³-hybridized carbons (Fsp3) is 0.421. The lowest BCUT2D eigenvalue weighted by atomic mass is 10.0. The number of carbonyl (C=O) groups excluding carboxylic acids is 2. The second-order valence-electron chi connectivity index (χ2n) is 7.19. The third kappa shape index (κ3) is 4.14. The number of hydrogen-bond donors (Lipinski definition) is 1. The van der Waals surface area contributed by atoms with E-state index < -0.39 is 12.0 Å². The molecule has 4 rings (SSSR count). The number of fused-ring (bicyclic) bond motifs is 1. The quantitative estimate of drug-likeness (QED) is 0.751. The van der Waals surface area contributed by atoms with Crippen molar-refractivity contribution in [3.63, 3.8) is 0 Å². The van der Waals surface area contributed by atoms with Gasteiger partial charge < -0.3 is 24.6 Å². The number of halogens is 1. The summed E-state index contributed by atoms with van der Waals surface area (Å²) in [6.45, 7) is 1.24. The highest BCUT2D eigenvalue weighted by Crippen LogP contribution is 2.40. The van der Waals surface area contributed by atoms with Gasteiger partial charge in [-0.15, -0.1) is 0 Å². The number of benzene rings is 1. The number of hydrogen-bond acceptors (Lipinski definition) is 6. The molecule has 1 aliphatic carbocycles. The molecule has 1 saturated carbocycles. The minimum atomic E-state index is -0.686. The fourth-order valence-electron chi connectivity index (χ4n) is 3.92. The highest BCUT2D eigenvalue weighted by atomic mass is 79.9. The molecule has 9 heteroatoms. The topological polar surface area (TPSA) is 108 Å². The first-order valence-electron chi connectivity index (χ1n) is 9.07. The average Bonchev–Trinajstić information content (AvgIpc) is 3.36. The van der Waals surface area contributed by atoms with E-state index in [4.69, 9.17) is 19.7 Å². The minimum Gasteiger partial charge on any atom is -0.490 e. The van der Waals surface area contributed by atoms with Crippen LogP contribution in [0.2, 0.25) is 0 Å². The Balaban J connectivity index is 1.24. The normalized spacial score (nSPS) is 23.5. The summed E-state index contributed by atoms with van der Waals surface area (Å²) in [5.74, 6) is 1.30. The van der Waals surface area contributed by atoms with Crippen LogP contribution in [0.3, 0.4) is 0 Å². The molecule has 0 bridgehead atoms. The van der Waals surface area contributed by atoms with Gasteiger partial charge in [-0.3, -0.25) is 4.79 Å². The van der Waals surface area contributed by atoms with Gasteiger partial charge in [0.25, 0.3) is 5.91 Å². The molecule has 2 aromatic rings. The number of likely N-dealkylation sites (tertiary alicyclic amines) is 1. The van der Waals surface area contributed by atoms with Gasteiger partial charge in [0.15, 0.2) is 18.1 Å². The molecule has 1 aromatic heterocycles. The van der Waals surface area contributed by atoms with Crippen molar-refractivity contribution in [2.75, 3.05) is 13.1 Å². The van der Waals surface area contributed by atoms with Gasteiger partial charge in [0.05, 0.1) is 6.10 Å². The Morgan fingerprint density at radius 3 is 2.50 bits per heavy atom. The van der Waals surface area contributed by atoms with Crippen LogP contribution < -0.4 is 10.5 Å².